The summed E-state index contributed by atoms with van der Waals surface area (Å²) in [6, 6.07) is 3.49. The number of halogens is 2. The molecule has 0 saturated heterocycles. The molecule has 0 saturated carbocycles. The van der Waals surface area contributed by atoms with Crippen LogP contribution in [0.3, 0.4) is 0 Å². The molecule has 0 aliphatic rings. The van der Waals surface area contributed by atoms with Crippen molar-refractivity contribution in [3.63, 3.8) is 0 Å². The molecule has 6 heteroatoms. The number of nitrogens with zero attached hydrogens (tertiary/aromatic N) is 3. The van der Waals surface area contributed by atoms with Crippen LogP contribution in [0.15, 0.2) is 24.5 Å². The molecular formula is C12H14F2N4. The molecule has 0 aliphatic heterocycles. The van der Waals surface area contributed by atoms with Crippen LogP contribution in [0.25, 0.3) is 0 Å². The van der Waals surface area contributed by atoms with Crippen molar-refractivity contribution in [3.8, 4) is 0 Å². The Labute approximate surface area is 104 Å². The lowest BCUT2D eigenvalue weighted by atomic mass is 10.3. The van der Waals surface area contributed by atoms with E-state index in [1.54, 1.807) is 4.68 Å². The fourth-order valence-corrected chi connectivity index (χ4v) is 1.67. The standard InChI is InChI=1S/C12H14F2N4/c1-8(2)18-12(16-7-17-18)6-15-11-4-9(13)3-10(14)5-11/h3-5,7-8,15H,6H2,1-2H3. The quantitative estimate of drug-likeness (QED) is 0.909. The summed E-state index contributed by atoms with van der Waals surface area (Å²) in [7, 11) is 0. The van der Waals surface area contributed by atoms with Gasteiger partial charge < -0.3 is 5.32 Å². The Kier molecular flexibility index (Phi) is 3.55. The van der Waals surface area contributed by atoms with E-state index in [1.807, 2.05) is 13.8 Å². The van der Waals surface area contributed by atoms with Crippen LogP contribution in [0.1, 0.15) is 25.7 Å². The van der Waals surface area contributed by atoms with Gasteiger partial charge in [0.2, 0.25) is 0 Å². The Morgan fingerprint density at radius 3 is 2.50 bits per heavy atom. The third-order valence-corrected chi connectivity index (χ3v) is 2.45. The van der Waals surface area contributed by atoms with Gasteiger partial charge in [-0.25, -0.2) is 18.4 Å². The molecule has 1 aromatic heterocycles. The lowest BCUT2D eigenvalue weighted by Gasteiger charge is -2.10. The molecule has 4 nitrogen and oxygen atoms in total. The number of hydrogen-bond donors (Lipinski definition) is 1. The largest absolute Gasteiger partial charge is 0.378 e. The van der Waals surface area contributed by atoms with Crippen molar-refractivity contribution in [1.82, 2.24) is 14.8 Å². The lowest BCUT2D eigenvalue weighted by molar-refractivity contribution is 0.508. The highest BCUT2D eigenvalue weighted by Crippen LogP contribution is 2.14. The van der Waals surface area contributed by atoms with E-state index < -0.39 is 11.6 Å². The number of anilines is 1. The first-order chi connectivity index (χ1) is 8.56. The Morgan fingerprint density at radius 2 is 1.89 bits per heavy atom. The lowest BCUT2D eigenvalue weighted by Crippen LogP contribution is -2.12. The van der Waals surface area contributed by atoms with Crippen LogP contribution < -0.4 is 5.32 Å². The van der Waals surface area contributed by atoms with Crippen LogP contribution in [-0.4, -0.2) is 14.8 Å². The van der Waals surface area contributed by atoms with Gasteiger partial charge >= 0.3 is 0 Å². The topological polar surface area (TPSA) is 42.7 Å². The van der Waals surface area contributed by atoms with E-state index in [4.69, 9.17) is 0 Å². The maximum absolute atomic E-state index is 13.0. The van der Waals surface area contributed by atoms with Crippen LogP contribution in [0.2, 0.25) is 0 Å². The fourth-order valence-electron chi connectivity index (χ4n) is 1.67. The molecule has 0 radical (unpaired) electrons. The van der Waals surface area contributed by atoms with Gasteiger partial charge in [0.15, 0.2) is 0 Å². The molecule has 0 fully saturated rings. The molecule has 0 amide bonds. The van der Waals surface area contributed by atoms with Gasteiger partial charge in [-0.2, -0.15) is 5.10 Å². The Balaban J connectivity index is 2.09. The van der Waals surface area contributed by atoms with Crippen LogP contribution in [0.5, 0.6) is 0 Å². The SMILES string of the molecule is CC(C)n1ncnc1CNc1cc(F)cc(F)c1. The molecule has 0 atom stereocenters. The van der Waals surface area contributed by atoms with E-state index in [0.717, 1.165) is 11.9 Å². The molecular weight excluding hydrogens is 238 g/mol. The Morgan fingerprint density at radius 1 is 1.22 bits per heavy atom. The van der Waals surface area contributed by atoms with Gasteiger partial charge in [-0.3, -0.25) is 0 Å². The van der Waals surface area contributed by atoms with Crippen molar-refractivity contribution < 1.29 is 8.78 Å². The van der Waals surface area contributed by atoms with E-state index >= 15 is 0 Å². The summed E-state index contributed by atoms with van der Waals surface area (Å²) in [5, 5.41) is 7.00. The zero-order chi connectivity index (χ0) is 13.1. The summed E-state index contributed by atoms with van der Waals surface area (Å²) in [4.78, 5) is 4.10. The number of benzene rings is 1. The molecule has 96 valence electrons. The summed E-state index contributed by atoms with van der Waals surface area (Å²) < 4.78 is 27.7. The minimum absolute atomic E-state index is 0.188. The second-order valence-electron chi connectivity index (χ2n) is 4.23. The second-order valence-corrected chi connectivity index (χ2v) is 4.23. The zero-order valence-electron chi connectivity index (χ0n) is 10.2. The molecule has 0 spiro atoms. The van der Waals surface area contributed by atoms with Crippen LogP contribution >= 0.6 is 0 Å². The third-order valence-electron chi connectivity index (χ3n) is 2.45. The molecule has 0 unspecified atom stereocenters. The molecule has 18 heavy (non-hydrogen) atoms. The normalized spacial score (nSPS) is 10.9. The van der Waals surface area contributed by atoms with Gasteiger partial charge in [0.1, 0.15) is 23.8 Å². The van der Waals surface area contributed by atoms with Crippen LogP contribution in [-0.2, 0) is 6.54 Å². The van der Waals surface area contributed by atoms with Crippen molar-refractivity contribution >= 4 is 5.69 Å². The minimum Gasteiger partial charge on any atom is -0.378 e. The van der Waals surface area contributed by atoms with Crippen molar-refractivity contribution in [3.05, 3.63) is 42.0 Å². The molecule has 0 bridgehead atoms. The van der Waals surface area contributed by atoms with Gasteiger partial charge in [-0.1, -0.05) is 0 Å². The smallest absolute Gasteiger partial charge is 0.146 e. The van der Waals surface area contributed by atoms with Crippen LogP contribution in [0.4, 0.5) is 14.5 Å². The van der Waals surface area contributed by atoms with Crippen molar-refractivity contribution in [2.45, 2.75) is 26.4 Å². The van der Waals surface area contributed by atoms with Crippen molar-refractivity contribution in [2.24, 2.45) is 0 Å². The average Bonchev–Trinajstić information content (AvgIpc) is 2.73. The van der Waals surface area contributed by atoms with Gasteiger partial charge in [0, 0.05) is 17.8 Å². The summed E-state index contributed by atoms with van der Waals surface area (Å²) in [5.74, 6) is -0.500. The highest BCUT2D eigenvalue weighted by Gasteiger charge is 2.07. The number of aromatic nitrogens is 3. The number of nitrogens with one attached hydrogen (secondary N) is 1. The third kappa shape index (κ3) is 2.82. The fraction of sp³-hybridized carbons (Fsp3) is 0.333. The summed E-state index contributed by atoms with van der Waals surface area (Å²) in [6.07, 6.45) is 1.46. The first kappa shape index (κ1) is 12.5. The van der Waals surface area contributed by atoms with Gasteiger partial charge in [-0.05, 0) is 26.0 Å². The van der Waals surface area contributed by atoms with Crippen molar-refractivity contribution in [2.75, 3.05) is 5.32 Å². The summed E-state index contributed by atoms with van der Waals surface area (Å²) in [5.41, 5.74) is 0.380. The monoisotopic (exact) mass is 252 g/mol. The molecule has 1 heterocycles. The Hall–Kier alpha value is -1.98. The maximum atomic E-state index is 13.0. The maximum Gasteiger partial charge on any atom is 0.146 e. The summed E-state index contributed by atoms with van der Waals surface area (Å²) in [6.45, 7) is 4.33. The molecule has 0 aliphatic carbocycles. The number of rotatable bonds is 4. The molecule has 1 aromatic carbocycles. The van der Waals surface area contributed by atoms with E-state index in [1.165, 1.54) is 18.5 Å². The highest BCUT2D eigenvalue weighted by atomic mass is 19.1. The highest BCUT2D eigenvalue weighted by molar-refractivity contribution is 5.43. The Bertz CT molecular complexity index is 516. The first-order valence-electron chi connectivity index (χ1n) is 5.64. The molecule has 1 N–H and O–H groups in total. The van der Waals surface area contributed by atoms with E-state index in [0.29, 0.717) is 12.2 Å². The second kappa shape index (κ2) is 5.12. The van der Waals surface area contributed by atoms with E-state index in [-0.39, 0.29) is 6.04 Å². The predicted molar refractivity (Wildman–Crippen MR) is 64.1 cm³/mol. The molecule has 2 rings (SSSR count). The zero-order valence-corrected chi connectivity index (χ0v) is 10.2. The van der Waals surface area contributed by atoms with Gasteiger partial charge in [0.25, 0.3) is 0 Å². The van der Waals surface area contributed by atoms with Crippen molar-refractivity contribution in [1.29, 1.82) is 0 Å². The first-order valence-corrected chi connectivity index (χ1v) is 5.64. The van der Waals surface area contributed by atoms with E-state index in [9.17, 15) is 8.78 Å². The van der Waals surface area contributed by atoms with E-state index in [2.05, 4.69) is 15.4 Å². The summed E-state index contributed by atoms with van der Waals surface area (Å²) >= 11 is 0. The van der Waals surface area contributed by atoms with Gasteiger partial charge in [0.05, 0.1) is 6.54 Å². The molecule has 2 aromatic rings. The van der Waals surface area contributed by atoms with Gasteiger partial charge in [-0.15, -0.1) is 0 Å². The average molecular weight is 252 g/mol. The minimum atomic E-state index is -0.608. The predicted octanol–water partition coefficient (Wildman–Crippen LogP) is 2.75. The van der Waals surface area contributed by atoms with Crippen LogP contribution in [0, 0.1) is 11.6 Å². The number of hydrogen-bond acceptors (Lipinski definition) is 3.